The van der Waals surface area contributed by atoms with E-state index in [-0.39, 0.29) is 11.5 Å². The molecule has 0 bridgehead atoms. The van der Waals surface area contributed by atoms with E-state index in [0.29, 0.717) is 28.8 Å². The first-order valence-electron chi connectivity index (χ1n) is 9.67. The highest BCUT2D eigenvalue weighted by Crippen LogP contribution is 2.35. The predicted octanol–water partition coefficient (Wildman–Crippen LogP) is 6.89. The summed E-state index contributed by atoms with van der Waals surface area (Å²) in [5, 5.41) is 11.2. The molecular weight excluding hydrogens is 322 g/mol. The monoisotopic (exact) mass is 355 g/mol. The summed E-state index contributed by atoms with van der Waals surface area (Å²) < 4.78 is 0. The lowest BCUT2D eigenvalue weighted by atomic mass is 10.0. The Morgan fingerprint density at radius 2 is 1.50 bits per heavy atom. The molecule has 0 saturated heterocycles. The summed E-state index contributed by atoms with van der Waals surface area (Å²) in [7, 11) is 0. The molecule has 0 saturated carbocycles. The number of fused-ring (bicyclic) bond motifs is 1. The van der Waals surface area contributed by atoms with Crippen molar-refractivity contribution in [2.24, 2.45) is 0 Å². The second-order valence-corrected chi connectivity index (χ2v) is 4.90. The van der Waals surface area contributed by atoms with Gasteiger partial charge in [0.1, 0.15) is 5.76 Å². The molecular formula is C23H33NO2. The molecule has 0 fully saturated rings. The number of aliphatic hydroxyl groups is 1. The molecule has 3 rings (SSSR count). The molecule has 1 aliphatic carbocycles. The number of para-hydroxylation sites is 1. The van der Waals surface area contributed by atoms with Crippen LogP contribution in [0.1, 0.15) is 67.5 Å². The van der Waals surface area contributed by atoms with Gasteiger partial charge in [0.25, 0.3) is 0 Å². The average Bonchev–Trinajstić information content (AvgIpc) is 2.94. The lowest BCUT2D eigenvalue weighted by molar-refractivity contribution is -0.110. The summed E-state index contributed by atoms with van der Waals surface area (Å²) in [5.41, 5.74) is 3.02. The maximum atomic E-state index is 12.4. The first-order chi connectivity index (χ1) is 12.6. The van der Waals surface area contributed by atoms with Crippen molar-refractivity contribution < 1.29 is 9.90 Å². The van der Waals surface area contributed by atoms with Gasteiger partial charge in [0, 0.05) is 11.0 Å². The van der Waals surface area contributed by atoms with Crippen LogP contribution in [0.4, 0.5) is 0 Å². The van der Waals surface area contributed by atoms with E-state index in [4.69, 9.17) is 0 Å². The smallest absolute Gasteiger partial charge is 0.195 e. The van der Waals surface area contributed by atoms with Gasteiger partial charge in [-0.3, -0.25) is 4.79 Å². The Morgan fingerprint density at radius 3 is 2.04 bits per heavy atom. The van der Waals surface area contributed by atoms with Crippen molar-refractivity contribution in [1.29, 1.82) is 0 Å². The number of aromatic nitrogens is 1. The van der Waals surface area contributed by atoms with Gasteiger partial charge in [-0.15, -0.1) is 0 Å². The van der Waals surface area contributed by atoms with Crippen LogP contribution in [0.5, 0.6) is 0 Å². The van der Waals surface area contributed by atoms with Crippen LogP contribution in [-0.2, 0) is 4.79 Å². The van der Waals surface area contributed by atoms with Crippen LogP contribution in [0.25, 0.3) is 16.5 Å². The lowest BCUT2D eigenvalue weighted by Gasteiger charge is -2.04. The minimum absolute atomic E-state index is 0.0645. The highest BCUT2D eigenvalue weighted by atomic mass is 16.3. The Labute approximate surface area is 158 Å². The summed E-state index contributed by atoms with van der Waals surface area (Å²) in [5.74, 6) is -0.0417. The van der Waals surface area contributed by atoms with Crippen LogP contribution < -0.4 is 0 Å². The summed E-state index contributed by atoms with van der Waals surface area (Å²) in [6.45, 7) is 15.7. The van der Waals surface area contributed by atoms with Crippen molar-refractivity contribution in [3.05, 3.63) is 59.0 Å². The van der Waals surface area contributed by atoms with Gasteiger partial charge in [-0.05, 0) is 31.1 Å². The Hall–Kier alpha value is -2.42. The van der Waals surface area contributed by atoms with E-state index in [1.165, 1.54) is 0 Å². The van der Waals surface area contributed by atoms with Crippen LogP contribution >= 0.6 is 0 Å². The molecule has 26 heavy (non-hydrogen) atoms. The molecule has 1 aliphatic rings. The van der Waals surface area contributed by atoms with Gasteiger partial charge in [0.15, 0.2) is 5.78 Å². The number of hydrogen-bond acceptors (Lipinski definition) is 3. The molecule has 0 unspecified atom stereocenters. The number of benzene rings is 1. The van der Waals surface area contributed by atoms with Gasteiger partial charge >= 0.3 is 0 Å². The van der Waals surface area contributed by atoms with Crippen molar-refractivity contribution in [2.75, 3.05) is 0 Å². The normalized spacial score (nSPS) is 12.7. The molecule has 0 spiro atoms. The minimum Gasteiger partial charge on any atom is -0.507 e. The molecule has 3 heteroatoms. The third kappa shape index (κ3) is 4.81. The van der Waals surface area contributed by atoms with Gasteiger partial charge in [-0.2, -0.15) is 0 Å². The number of pyridine rings is 1. The van der Waals surface area contributed by atoms with Crippen LogP contribution in [0.2, 0.25) is 0 Å². The number of rotatable bonds is 2. The molecule has 2 aromatic rings. The Balaban J connectivity index is 0.000000948. The summed E-state index contributed by atoms with van der Waals surface area (Å²) in [6.07, 6.45) is 0.617. The van der Waals surface area contributed by atoms with Gasteiger partial charge in [-0.25, -0.2) is 4.98 Å². The number of nitrogens with zero attached hydrogens (tertiary/aromatic N) is 1. The van der Waals surface area contributed by atoms with E-state index in [1.54, 1.807) is 13.0 Å². The third-order valence-corrected chi connectivity index (χ3v) is 3.75. The fourth-order valence-corrected chi connectivity index (χ4v) is 2.63. The van der Waals surface area contributed by atoms with Crippen LogP contribution in [0.15, 0.2) is 53.3 Å². The van der Waals surface area contributed by atoms with Gasteiger partial charge in [-0.1, -0.05) is 72.7 Å². The van der Waals surface area contributed by atoms with Gasteiger partial charge in [0.2, 0.25) is 0 Å². The number of hydrogen-bond donors (Lipinski definition) is 1. The number of Topliss-reactive ketones (excluding diaryl/α,β-unsaturated/α-hetero) is 1. The second kappa shape index (κ2) is 12.0. The lowest BCUT2D eigenvalue weighted by Crippen LogP contribution is -2.03. The van der Waals surface area contributed by atoms with Gasteiger partial charge in [0.05, 0.1) is 16.8 Å². The zero-order valence-electron chi connectivity index (χ0n) is 17.5. The highest BCUT2D eigenvalue weighted by molar-refractivity contribution is 6.32. The average molecular weight is 356 g/mol. The number of aliphatic hydroxyl groups excluding tert-OH is 1. The predicted molar refractivity (Wildman–Crippen MR) is 113 cm³/mol. The van der Waals surface area contributed by atoms with E-state index in [0.717, 1.165) is 10.9 Å². The third-order valence-electron chi connectivity index (χ3n) is 3.75. The fourth-order valence-electron chi connectivity index (χ4n) is 2.63. The molecule has 1 heterocycles. The second-order valence-electron chi connectivity index (χ2n) is 4.90. The summed E-state index contributed by atoms with van der Waals surface area (Å²) >= 11 is 0. The van der Waals surface area contributed by atoms with Crippen molar-refractivity contribution in [3.8, 4) is 0 Å². The van der Waals surface area contributed by atoms with Crippen molar-refractivity contribution in [1.82, 2.24) is 4.98 Å². The van der Waals surface area contributed by atoms with Crippen LogP contribution in [0, 0.1) is 0 Å². The minimum atomic E-state index is -0.106. The van der Waals surface area contributed by atoms with Crippen LogP contribution in [0.3, 0.4) is 0 Å². The zero-order chi connectivity index (χ0) is 20.3. The van der Waals surface area contributed by atoms with E-state index in [9.17, 15) is 9.90 Å². The Bertz CT molecular complexity index is 786. The van der Waals surface area contributed by atoms with E-state index in [1.807, 2.05) is 78.8 Å². The molecule has 3 nitrogen and oxygen atoms in total. The number of allylic oxidation sites excluding steroid dienone is 3. The van der Waals surface area contributed by atoms with Crippen molar-refractivity contribution in [2.45, 2.75) is 61.8 Å². The first kappa shape index (κ1) is 23.6. The Morgan fingerprint density at radius 1 is 0.923 bits per heavy atom. The van der Waals surface area contributed by atoms with E-state index < -0.39 is 0 Å². The topological polar surface area (TPSA) is 50.2 Å². The molecule has 142 valence electrons. The fraction of sp³-hybridized carbons (Fsp3) is 0.391. The molecule has 0 amide bonds. The molecule has 1 N–H and O–H groups in total. The molecule has 1 aromatic heterocycles. The maximum Gasteiger partial charge on any atom is 0.195 e. The molecule has 1 aromatic carbocycles. The number of ketones is 1. The molecule has 0 atom stereocenters. The Kier molecular flexibility index (Phi) is 10.9. The maximum absolute atomic E-state index is 12.4. The highest BCUT2D eigenvalue weighted by Gasteiger charge is 2.30. The zero-order valence-corrected chi connectivity index (χ0v) is 17.5. The van der Waals surface area contributed by atoms with E-state index >= 15 is 0 Å². The van der Waals surface area contributed by atoms with Crippen molar-refractivity contribution in [3.63, 3.8) is 0 Å². The molecule has 0 aliphatic heterocycles. The summed E-state index contributed by atoms with van der Waals surface area (Å²) in [6, 6.07) is 11.4. The van der Waals surface area contributed by atoms with Crippen LogP contribution in [-0.4, -0.2) is 15.9 Å². The largest absolute Gasteiger partial charge is 0.507 e. The number of carbonyl (C=O) groups excluding carboxylic acids is 1. The summed E-state index contributed by atoms with van der Waals surface area (Å²) in [4.78, 5) is 16.9. The first-order valence-corrected chi connectivity index (χ1v) is 9.67. The standard InChI is InChI=1S/C17H15NO2.3C2H6/c1-3-12-10(2)16(19)15(17(12)20)14-9-8-11-6-4-5-7-13(11)18-14;3*1-2/h4-9,19H,3H2,1-2H3;3*1-2H3. The number of carbonyl (C=O) groups is 1. The molecule has 0 radical (unpaired) electrons. The SMILES string of the molecule is CC.CC.CC.CCC1=C(C)C(O)=C(c2ccc3ccccc3n2)C1=O. The van der Waals surface area contributed by atoms with Crippen molar-refractivity contribution >= 4 is 22.3 Å². The quantitative estimate of drug-likeness (QED) is 0.638. The van der Waals surface area contributed by atoms with E-state index in [2.05, 4.69) is 4.98 Å². The van der Waals surface area contributed by atoms with Gasteiger partial charge < -0.3 is 5.11 Å².